The summed E-state index contributed by atoms with van der Waals surface area (Å²) in [5.74, 6) is 2.00. The number of benzene rings is 2. The second kappa shape index (κ2) is 8.81. The average molecular weight is 434 g/mol. The number of hydrogen-bond donors (Lipinski definition) is 0. The highest BCUT2D eigenvalue weighted by Gasteiger charge is 2.18. The molecule has 6 nitrogen and oxygen atoms in total. The van der Waals surface area contributed by atoms with Crippen LogP contribution in [0.5, 0.6) is 5.75 Å². The maximum atomic E-state index is 12.2. The van der Waals surface area contributed by atoms with E-state index >= 15 is 0 Å². The molecule has 0 saturated carbocycles. The molecule has 31 heavy (non-hydrogen) atoms. The van der Waals surface area contributed by atoms with Gasteiger partial charge in [0, 0.05) is 23.8 Å². The van der Waals surface area contributed by atoms with E-state index in [1.54, 1.807) is 13.2 Å². The summed E-state index contributed by atoms with van der Waals surface area (Å²) in [4.78, 5) is 12.2. The van der Waals surface area contributed by atoms with Crippen molar-refractivity contribution in [1.82, 2.24) is 14.8 Å². The van der Waals surface area contributed by atoms with E-state index in [9.17, 15) is 4.79 Å². The number of methoxy groups -OCH3 is 1. The monoisotopic (exact) mass is 433 g/mol. The van der Waals surface area contributed by atoms with Gasteiger partial charge in [0.1, 0.15) is 11.3 Å². The zero-order valence-electron chi connectivity index (χ0n) is 17.7. The van der Waals surface area contributed by atoms with Crippen molar-refractivity contribution in [3.05, 3.63) is 82.2 Å². The number of nitrogens with zero attached hydrogens (tertiary/aromatic N) is 3. The van der Waals surface area contributed by atoms with Crippen molar-refractivity contribution in [3.8, 4) is 17.1 Å². The van der Waals surface area contributed by atoms with E-state index < -0.39 is 0 Å². The minimum Gasteiger partial charge on any atom is -0.496 e. The van der Waals surface area contributed by atoms with Crippen molar-refractivity contribution in [1.29, 1.82) is 0 Å². The van der Waals surface area contributed by atoms with Crippen LogP contribution >= 0.6 is 11.8 Å². The zero-order chi connectivity index (χ0) is 22.0. The van der Waals surface area contributed by atoms with Crippen LogP contribution in [-0.2, 0) is 12.3 Å². The number of allylic oxidation sites excluding steroid dienone is 1. The Morgan fingerprint density at radius 3 is 2.77 bits per heavy atom. The van der Waals surface area contributed by atoms with Gasteiger partial charge in [-0.1, -0.05) is 42.1 Å². The highest BCUT2D eigenvalue weighted by atomic mass is 32.2. The van der Waals surface area contributed by atoms with Gasteiger partial charge in [-0.3, -0.25) is 4.57 Å². The van der Waals surface area contributed by atoms with E-state index in [2.05, 4.69) is 16.8 Å². The third-order valence-corrected chi connectivity index (χ3v) is 6.27. The van der Waals surface area contributed by atoms with Crippen LogP contribution in [-0.4, -0.2) is 21.9 Å². The predicted molar refractivity (Wildman–Crippen MR) is 124 cm³/mol. The Labute approximate surface area is 184 Å². The molecule has 0 amide bonds. The molecule has 0 radical (unpaired) electrons. The molecule has 0 aliphatic carbocycles. The van der Waals surface area contributed by atoms with Crippen LogP contribution < -0.4 is 10.4 Å². The van der Waals surface area contributed by atoms with Crippen LogP contribution in [0.2, 0.25) is 0 Å². The molecule has 7 heteroatoms. The minimum absolute atomic E-state index is 0.348. The van der Waals surface area contributed by atoms with Crippen molar-refractivity contribution in [2.45, 2.75) is 31.3 Å². The molecule has 0 bridgehead atoms. The fraction of sp³-hybridized carbons (Fsp3) is 0.208. The van der Waals surface area contributed by atoms with Gasteiger partial charge in [0.2, 0.25) is 0 Å². The van der Waals surface area contributed by atoms with E-state index in [0.717, 1.165) is 38.5 Å². The molecule has 0 spiro atoms. The lowest BCUT2D eigenvalue weighted by Gasteiger charge is -2.11. The largest absolute Gasteiger partial charge is 0.496 e. The van der Waals surface area contributed by atoms with Crippen LogP contribution in [0.4, 0.5) is 0 Å². The maximum Gasteiger partial charge on any atom is 0.336 e. The molecule has 2 heterocycles. The smallest absolute Gasteiger partial charge is 0.336 e. The fourth-order valence-electron chi connectivity index (χ4n) is 3.50. The molecule has 4 aromatic rings. The topological polar surface area (TPSA) is 70.2 Å². The molecule has 2 aromatic carbocycles. The summed E-state index contributed by atoms with van der Waals surface area (Å²) >= 11 is 1.52. The Kier molecular flexibility index (Phi) is 5.95. The van der Waals surface area contributed by atoms with Crippen LogP contribution in [0.3, 0.4) is 0 Å². The van der Waals surface area contributed by atoms with Crippen LogP contribution in [0.15, 0.2) is 69.5 Å². The molecule has 0 saturated heterocycles. The molecule has 158 valence electrons. The number of ether oxygens (including phenoxy) is 1. The van der Waals surface area contributed by atoms with E-state index in [1.807, 2.05) is 60.9 Å². The molecule has 0 unspecified atom stereocenters. The van der Waals surface area contributed by atoms with Gasteiger partial charge in [-0.05, 0) is 42.7 Å². The number of fused-ring (bicyclic) bond motifs is 1. The SMILES string of the molecule is C=CCn1c(SCc2cc(=O)oc3c(C)c(C)ccc23)nnc1-c1ccccc1OC. The third-order valence-electron chi connectivity index (χ3n) is 5.25. The second-order valence-corrected chi connectivity index (χ2v) is 8.11. The molecule has 0 N–H and O–H groups in total. The predicted octanol–water partition coefficient (Wildman–Crippen LogP) is 5.16. The Bertz CT molecular complexity index is 1320. The number of aryl methyl sites for hydroxylation is 2. The summed E-state index contributed by atoms with van der Waals surface area (Å²) in [6.45, 7) is 8.40. The van der Waals surface area contributed by atoms with Crippen molar-refractivity contribution < 1.29 is 9.15 Å². The molecule has 0 fully saturated rings. The molecule has 4 rings (SSSR count). The molecule has 2 aromatic heterocycles. The van der Waals surface area contributed by atoms with Gasteiger partial charge in [0.25, 0.3) is 0 Å². The van der Waals surface area contributed by atoms with Crippen LogP contribution in [0.1, 0.15) is 16.7 Å². The summed E-state index contributed by atoms with van der Waals surface area (Å²) in [5.41, 5.74) is 4.14. The number of para-hydroxylation sites is 1. The lowest BCUT2D eigenvalue weighted by Crippen LogP contribution is -2.03. The quantitative estimate of drug-likeness (QED) is 0.228. The first kappa shape index (κ1) is 20.9. The first-order chi connectivity index (χ1) is 15.0. The van der Waals surface area contributed by atoms with Crippen molar-refractivity contribution in [2.75, 3.05) is 7.11 Å². The van der Waals surface area contributed by atoms with Crippen LogP contribution in [0, 0.1) is 13.8 Å². The van der Waals surface area contributed by atoms with Crippen molar-refractivity contribution in [2.24, 2.45) is 0 Å². The molecular formula is C24H23N3O3S. The summed E-state index contributed by atoms with van der Waals surface area (Å²) in [6.07, 6.45) is 1.81. The number of rotatable bonds is 7. The lowest BCUT2D eigenvalue weighted by atomic mass is 10.0. The van der Waals surface area contributed by atoms with E-state index in [0.29, 0.717) is 23.7 Å². The number of aromatic nitrogens is 3. The van der Waals surface area contributed by atoms with Gasteiger partial charge in [0.05, 0.1) is 12.7 Å². The molecule has 0 atom stereocenters. The summed E-state index contributed by atoms with van der Waals surface area (Å²) in [5, 5.41) is 10.5. The first-order valence-corrected chi connectivity index (χ1v) is 10.8. The standard InChI is InChI=1S/C24H23N3O3S/c1-5-12-27-23(19-8-6-7-9-20(19)29-4)25-26-24(27)31-14-17-13-21(28)30-22-16(3)15(2)10-11-18(17)22/h5-11,13H,1,12,14H2,2-4H3. The minimum atomic E-state index is -0.348. The third kappa shape index (κ3) is 4.01. The highest BCUT2D eigenvalue weighted by Crippen LogP contribution is 2.33. The number of hydrogen-bond acceptors (Lipinski definition) is 6. The molecule has 0 aliphatic rings. The first-order valence-electron chi connectivity index (χ1n) is 9.86. The summed E-state index contributed by atoms with van der Waals surface area (Å²) in [6, 6.07) is 13.3. The van der Waals surface area contributed by atoms with Crippen molar-refractivity contribution in [3.63, 3.8) is 0 Å². The summed E-state index contributed by atoms with van der Waals surface area (Å²) in [7, 11) is 1.64. The Balaban J connectivity index is 1.72. The molecular weight excluding hydrogens is 410 g/mol. The van der Waals surface area contributed by atoms with Gasteiger partial charge in [0.15, 0.2) is 11.0 Å². The van der Waals surface area contributed by atoms with Gasteiger partial charge < -0.3 is 9.15 Å². The van der Waals surface area contributed by atoms with E-state index in [1.165, 1.54) is 11.8 Å². The van der Waals surface area contributed by atoms with Gasteiger partial charge in [-0.15, -0.1) is 16.8 Å². The normalized spacial score (nSPS) is 11.1. The Morgan fingerprint density at radius 2 is 2.00 bits per heavy atom. The second-order valence-electron chi connectivity index (χ2n) is 7.17. The maximum absolute atomic E-state index is 12.2. The van der Waals surface area contributed by atoms with Gasteiger partial charge >= 0.3 is 5.63 Å². The number of thioether (sulfide) groups is 1. The lowest BCUT2D eigenvalue weighted by molar-refractivity contribution is 0.416. The van der Waals surface area contributed by atoms with Crippen molar-refractivity contribution >= 4 is 22.7 Å². The fourth-order valence-corrected chi connectivity index (χ4v) is 4.44. The van der Waals surface area contributed by atoms with E-state index in [-0.39, 0.29) is 5.63 Å². The zero-order valence-corrected chi connectivity index (χ0v) is 18.5. The highest BCUT2D eigenvalue weighted by molar-refractivity contribution is 7.98. The summed E-state index contributed by atoms with van der Waals surface area (Å²) < 4.78 is 13.0. The van der Waals surface area contributed by atoms with E-state index in [4.69, 9.17) is 9.15 Å². The van der Waals surface area contributed by atoms with Crippen LogP contribution in [0.25, 0.3) is 22.4 Å². The van der Waals surface area contributed by atoms with Gasteiger partial charge in [-0.2, -0.15) is 0 Å². The molecule has 0 aliphatic heterocycles. The average Bonchev–Trinajstić information content (AvgIpc) is 3.17. The van der Waals surface area contributed by atoms with Gasteiger partial charge in [-0.25, -0.2) is 4.79 Å². The Hall–Kier alpha value is -3.32. The Morgan fingerprint density at radius 1 is 1.19 bits per heavy atom.